The maximum Gasteiger partial charge on any atom is 0.346 e. The van der Waals surface area contributed by atoms with Gasteiger partial charge in [-0.15, -0.1) is 5.01 Å². The van der Waals surface area contributed by atoms with Crippen molar-refractivity contribution in [2.75, 3.05) is 14.2 Å². The van der Waals surface area contributed by atoms with E-state index in [0.29, 0.717) is 21.9 Å². The lowest BCUT2D eigenvalue weighted by atomic mass is 9.92. The molecule has 1 aliphatic rings. The summed E-state index contributed by atoms with van der Waals surface area (Å²) in [4.78, 5) is 25.1. The lowest BCUT2D eigenvalue weighted by Gasteiger charge is -2.21. The molecule has 0 saturated carbocycles. The van der Waals surface area contributed by atoms with E-state index in [4.69, 9.17) is 9.47 Å². The van der Waals surface area contributed by atoms with Crippen molar-refractivity contribution in [2.45, 2.75) is 12.5 Å². The molecule has 146 valence electrons. The number of carbonyl (C=O) groups excluding carboxylic acids is 2. The van der Waals surface area contributed by atoms with Crippen molar-refractivity contribution in [3.63, 3.8) is 0 Å². The predicted octanol–water partition coefficient (Wildman–Crippen LogP) is 1.92. The summed E-state index contributed by atoms with van der Waals surface area (Å²) in [5.41, 5.74) is -0.380. The van der Waals surface area contributed by atoms with Crippen molar-refractivity contribution < 1.29 is 29.3 Å². The molecule has 1 heterocycles. The SMILES string of the molecule is COc1ccc([C@@]2(C)NC(=O)N(/N=C/c3cc(O)c(O)c(OC)c3)C2=O)cc1. The van der Waals surface area contributed by atoms with Gasteiger partial charge in [0.2, 0.25) is 5.75 Å². The third-order valence-electron chi connectivity index (χ3n) is 4.46. The van der Waals surface area contributed by atoms with Gasteiger partial charge in [-0.2, -0.15) is 5.10 Å². The number of hydrogen-bond acceptors (Lipinski definition) is 7. The van der Waals surface area contributed by atoms with Gasteiger partial charge in [0.25, 0.3) is 5.91 Å². The van der Waals surface area contributed by atoms with E-state index >= 15 is 0 Å². The van der Waals surface area contributed by atoms with Crippen LogP contribution in [-0.4, -0.2) is 47.6 Å². The molecule has 28 heavy (non-hydrogen) atoms. The summed E-state index contributed by atoms with van der Waals surface area (Å²) in [6.45, 7) is 1.58. The van der Waals surface area contributed by atoms with E-state index in [9.17, 15) is 19.8 Å². The first-order chi connectivity index (χ1) is 13.3. The lowest BCUT2D eigenvalue weighted by molar-refractivity contribution is -0.131. The second kappa shape index (κ2) is 7.10. The van der Waals surface area contributed by atoms with Crippen LogP contribution >= 0.6 is 0 Å². The highest BCUT2D eigenvalue weighted by atomic mass is 16.5. The maximum absolute atomic E-state index is 12.8. The number of nitrogens with one attached hydrogen (secondary N) is 1. The van der Waals surface area contributed by atoms with Crippen molar-refractivity contribution in [2.24, 2.45) is 5.10 Å². The predicted molar refractivity (Wildman–Crippen MR) is 99.6 cm³/mol. The summed E-state index contributed by atoms with van der Waals surface area (Å²) in [5.74, 6) is -0.738. The quantitative estimate of drug-likeness (QED) is 0.411. The highest BCUT2D eigenvalue weighted by Gasteiger charge is 2.49. The molecule has 3 N–H and O–H groups in total. The normalized spacial score (nSPS) is 19.2. The van der Waals surface area contributed by atoms with Gasteiger partial charge in [0.1, 0.15) is 11.3 Å². The highest BCUT2D eigenvalue weighted by molar-refractivity contribution is 6.07. The minimum atomic E-state index is -1.28. The van der Waals surface area contributed by atoms with E-state index in [0.717, 1.165) is 0 Å². The van der Waals surface area contributed by atoms with Gasteiger partial charge in [0, 0.05) is 5.56 Å². The fraction of sp³-hybridized carbons (Fsp3) is 0.211. The Balaban J connectivity index is 1.87. The van der Waals surface area contributed by atoms with Crippen LogP contribution in [0.15, 0.2) is 41.5 Å². The molecule has 3 rings (SSSR count). The summed E-state index contributed by atoms with van der Waals surface area (Å²) in [6.07, 6.45) is 1.21. The van der Waals surface area contributed by atoms with E-state index in [-0.39, 0.29) is 5.75 Å². The molecule has 9 heteroatoms. The number of methoxy groups -OCH3 is 2. The summed E-state index contributed by atoms with van der Waals surface area (Å²) in [6, 6.07) is 8.70. The molecule has 9 nitrogen and oxygen atoms in total. The van der Waals surface area contributed by atoms with Crippen molar-refractivity contribution >= 4 is 18.2 Å². The number of nitrogens with zero attached hydrogens (tertiary/aromatic N) is 2. The van der Waals surface area contributed by atoms with Crippen molar-refractivity contribution in [1.82, 2.24) is 10.3 Å². The van der Waals surface area contributed by atoms with Crippen molar-refractivity contribution in [3.05, 3.63) is 47.5 Å². The van der Waals surface area contributed by atoms with E-state index in [2.05, 4.69) is 10.4 Å². The second-order valence-corrected chi connectivity index (χ2v) is 6.24. The third-order valence-corrected chi connectivity index (χ3v) is 4.46. The molecule has 2 aromatic carbocycles. The average Bonchev–Trinajstić information content (AvgIpc) is 2.92. The van der Waals surface area contributed by atoms with Crippen LogP contribution in [0.2, 0.25) is 0 Å². The summed E-state index contributed by atoms with van der Waals surface area (Å²) >= 11 is 0. The number of phenolic OH excluding ortho intramolecular Hbond substituents is 2. The Hall–Kier alpha value is -3.75. The summed E-state index contributed by atoms with van der Waals surface area (Å²) < 4.78 is 10.1. The highest BCUT2D eigenvalue weighted by Crippen LogP contribution is 2.36. The Morgan fingerprint density at radius 2 is 1.79 bits per heavy atom. The zero-order chi connectivity index (χ0) is 20.5. The van der Waals surface area contributed by atoms with E-state index in [1.165, 1.54) is 32.6 Å². The fourth-order valence-electron chi connectivity index (χ4n) is 2.82. The van der Waals surface area contributed by atoms with E-state index < -0.39 is 29.0 Å². The number of hydrazone groups is 1. The summed E-state index contributed by atoms with van der Waals surface area (Å²) in [7, 11) is 2.86. The topological polar surface area (TPSA) is 121 Å². The van der Waals surface area contributed by atoms with Gasteiger partial charge in [-0.3, -0.25) is 4.79 Å². The van der Waals surface area contributed by atoms with Crippen LogP contribution in [0, 0.1) is 0 Å². The Bertz CT molecular complexity index is 957. The van der Waals surface area contributed by atoms with Crippen LogP contribution in [0.3, 0.4) is 0 Å². The lowest BCUT2D eigenvalue weighted by Crippen LogP contribution is -2.40. The number of hydrogen-bond donors (Lipinski definition) is 3. The second-order valence-electron chi connectivity index (χ2n) is 6.24. The molecule has 0 aromatic heterocycles. The first-order valence-corrected chi connectivity index (χ1v) is 8.25. The number of rotatable bonds is 5. The summed E-state index contributed by atoms with van der Waals surface area (Å²) in [5, 5.41) is 26.7. The van der Waals surface area contributed by atoms with Crippen LogP contribution in [0.25, 0.3) is 0 Å². The molecule has 1 saturated heterocycles. The van der Waals surface area contributed by atoms with Gasteiger partial charge in [0.05, 0.1) is 20.4 Å². The standard InChI is InChI=1S/C19H19N3O6/c1-19(12-4-6-13(27-2)7-5-12)17(25)22(18(26)21-19)20-10-11-8-14(23)16(24)15(9-11)28-3/h4-10,23-24H,1-3H3,(H,21,26)/b20-10+/t19-/m1/s1. The first kappa shape index (κ1) is 19.0. The maximum atomic E-state index is 12.8. The zero-order valence-corrected chi connectivity index (χ0v) is 15.5. The largest absolute Gasteiger partial charge is 0.504 e. The molecule has 0 unspecified atom stereocenters. The Morgan fingerprint density at radius 1 is 1.11 bits per heavy atom. The van der Waals surface area contributed by atoms with Gasteiger partial charge in [0.15, 0.2) is 11.5 Å². The Morgan fingerprint density at radius 3 is 2.39 bits per heavy atom. The van der Waals surface area contributed by atoms with E-state index in [1.807, 2.05) is 0 Å². The number of phenols is 2. The van der Waals surface area contributed by atoms with Crippen molar-refractivity contribution in [1.29, 1.82) is 0 Å². The minimum Gasteiger partial charge on any atom is -0.504 e. The van der Waals surface area contributed by atoms with Crippen LogP contribution in [0.1, 0.15) is 18.1 Å². The molecule has 1 atom stereocenters. The smallest absolute Gasteiger partial charge is 0.346 e. The van der Waals surface area contributed by atoms with Gasteiger partial charge >= 0.3 is 6.03 Å². The van der Waals surface area contributed by atoms with Crippen LogP contribution in [0.4, 0.5) is 4.79 Å². The minimum absolute atomic E-state index is 0.0294. The number of benzene rings is 2. The van der Waals surface area contributed by atoms with E-state index in [1.54, 1.807) is 31.2 Å². The third kappa shape index (κ3) is 3.18. The van der Waals surface area contributed by atoms with Gasteiger partial charge in [-0.05, 0) is 36.8 Å². The van der Waals surface area contributed by atoms with Crippen LogP contribution in [0.5, 0.6) is 23.0 Å². The number of imide groups is 1. The van der Waals surface area contributed by atoms with Crippen LogP contribution in [-0.2, 0) is 10.3 Å². The van der Waals surface area contributed by atoms with Gasteiger partial charge in [-0.25, -0.2) is 4.79 Å². The molecule has 0 bridgehead atoms. The molecule has 0 radical (unpaired) electrons. The van der Waals surface area contributed by atoms with Crippen molar-refractivity contribution in [3.8, 4) is 23.0 Å². The molecule has 3 amide bonds. The number of ether oxygens (including phenoxy) is 2. The fourth-order valence-corrected chi connectivity index (χ4v) is 2.82. The molecule has 2 aromatic rings. The Labute approximate surface area is 160 Å². The average molecular weight is 385 g/mol. The monoisotopic (exact) mass is 385 g/mol. The molecule has 0 spiro atoms. The molecular formula is C19H19N3O6. The number of aromatic hydroxyl groups is 2. The first-order valence-electron chi connectivity index (χ1n) is 8.25. The molecule has 0 aliphatic carbocycles. The number of urea groups is 1. The molecule has 1 fully saturated rings. The number of amides is 3. The number of carbonyl (C=O) groups is 2. The zero-order valence-electron chi connectivity index (χ0n) is 15.5. The molecular weight excluding hydrogens is 366 g/mol. The van der Waals surface area contributed by atoms with Crippen LogP contribution < -0.4 is 14.8 Å². The molecule has 1 aliphatic heterocycles. The van der Waals surface area contributed by atoms with Gasteiger partial charge < -0.3 is 25.0 Å². The van der Waals surface area contributed by atoms with Gasteiger partial charge in [-0.1, -0.05) is 12.1 Å². The Kier molecular flexibility index (Phi) is 4.83.